The molecule has 2 aromatic rings. The van der Waals surface area contributed by atoms with Gasteiger partial charge in [0.1, 0.15) is 0 Å². The third-order valence-corrected chi connectivity index (χ3v) is 3.13. The fourth-order valence-corrected chi connectivity index (χ4v) is 2.20. The molecule has 1 heterocycles. The predicted octanol–water partition coefficient (Wildman–Crippen LogP) is 1.81. The summed E-state index contributed by atoms with van der Waals surface area (Å²) < 4.78 is 0. The van der Waals surface area contributed by atoms with Gasteiger partial charge in [-0.2, -0.15) is 5.32 Å². The fraction of sp³-hybridized carbons (Fsp3) is 0.0667. The van der Waals surface area contributed by atoms with Gasteiger partial charge in [0.25, 0.3) is 0 Å². The van der Waals surface area contributed by atoms with Gasteiger partial charge < -0.3 is 10.6 Å². The van der Waals surface area contributed by atoms with Crippen LogP contribution in [-0.2, 0) is 10.5 Å². The molecule has 1 atom stereocenters. The first kappa shape index (κ1) is 12.2. The maximum absolute atomic E-state index is 12.2. The third kappa shape index (κ3) is 1.99. The van der Waals surface area contributed by atoms with Crippen LogP contribution in [0.1, 0.15) is 5.56 Å². The number of imide groups is 1. The number of hydrogen-bond acceptors (Lipinski definition) is 3. The number of urea groups is 1. The molecule has 0 aliphatic carbocycles. The molecule has 20 heavy (non-hydrogen) atoms. The first-order valence-electron chi connectivity index (χ1n) is 6.18. The van der Waals surface area contributed by atoms with Crippen molar-refractivity contribution < 1.29 is 9.59 Å². The van der Waals surface area contributed by atoms with Crippen molar-refractivity contribution in [2.24, 2.45) is 0 Å². The van der Waals surface area contributed by atoms with Crippen molar-refractivity contribution in [3.05, 3.63) is 66.2 Å². The standard InChI is InChI=1S/C15H12N3O2/c19-13-15(18-14(20)16-13,11-7-3-1-4-8-11)17-12-9-5-2-6-10-12/h1-10,17H,(H,18,20). The molecule has 2 aromatic carbocycles. The summed E-state index contributed by atoms with van der Waals surface area (Å²) in [5, 5.41) is 9.15. The van der Waals surface area contributed by atoms with Gasteiger partial charge in [-0.05, 0) is 12.1 Å². The zero-order valence-electron chi connectivity index (χ0n) is 10.5. The summed E-state index contributed by atoms with van der Waals surface area (Å²) in [6, 6.07) is 17.6. The van der Waals surface area contributed by atoms with Crippen molar-refractivity contribution in [3.63, 3.8) is 0 Å². The molecule has 0 aromatic heterocycles. The lowest BCUT2D eigenvalue weighted by molar-refractivity contribution is -0.123. The molecule has 5 heteroatoms. The minimum Gasteiger partial charge on any atom is -0.351 e. The molecule has 0 saturated carbocycles. The summed E-state index contributed by atoms with van der Waals surface area (Å²) in [6.07, 6.45) is 0. The van der Waals surface area contributed by atoms with Crippen molar-refractivity contribution in [1.82, 2.24) is 10.6 Å². The monoisotopic (exact) mass is 266 g/mol. The van der Waals surface area contributed by atoms with Crippen molar-refractivity contribution in [1.29, 1.82) is 0 Å². The van der Waals surface area contributed by atoms with Gasteiger partial charge in [-0.3, -0.25) is 4.79 Å². The van der Waals surface area contributed by atoms with Crippen molar-refractivity contribution in [3.8, 4) is 0 Å². The van der Waals surface area contributed by atoms with Crippen LogP contribution >= 0.6 is 0 Å². The molecule has 1 saturated heterocycles. The topological polar surface area (TPSA) is 72.3 Å². The lowest BCUT2D eigenvalue weighted by Gasteiger charge is -2.28. The van der Waals surface area contributed by atoms with Gasteiger partial charge in [0.05, 0.1) is 0 Å². The second kappa shape index (κ2) is 4.70. The molecule has 3 amide bonds. The minimum atomic E-state index is -1.33. The van der Waals surface area contributed by atoms with E-state index in [0.717, 1.165) is 5.69 Å². The summed E-state index contributed by atoms with van der Waals surface area (Å²) >= 11 is 0. The number of amides is 3. The Labute approximate surface area is 116 Å². The Hall–Kier alpha value is -2.82. The summed E-state index contributed by atoms with van der Waals surface area (Å²) in [4.78, 5) is 23.7. The molecule has 1 radical (unpaired) electrons. The van der Waals surface area contributed by atoms with Gasteiger partial charge in [-0.15, -0.1) is 0 Å². The Balaban J connectivity index is 2.05. The summed E-state index contributed by atoms with van der Waals surface area (Å²) in [6.45, 7) is 0. The first-order valence-corrected chi connectivity index (χ1v) is 6.18. The van der Waals surface area contributed by atoms with Crippen molar-refractivity contribution in [2.45, 2.75) is 5.66 Å². The van der Waals surface area contributed by atoms with Crippen LogP contribution in [0.2, 0.25) is 0 Å². The number of nitrogens with zero attached hydrogens (tertiary/aromatic N) is 1. The summed E-state index contributed by atoms with van der Waals surface area (Å²) in [5.74, 6) is -0.544. The Kier molecular flexibility index (Phi) is 2.87. The van der Waals surface area contributed by atoms with Crippen LogP contribution < -0.4 is 16.0 Å². The number of hydrogen-bond donors (Lipinski definition) is 2. The number of para-hydroxylation sites is 1. The molecule has 1 fully saturated rings. The first-order chi connectivity index (χ1) is 9.71. The van der Waals surface area contributed by atoms with E-state index in [1.54, 1.807) is 12.1 Å². The van der Waals surface area contributed by atoms with E-state index in [2.05, 4.69) is 16.0 Å². The highest BCUT2D eigenvalue weighted by atomic mass is 16.2. The van der Waals surface area contributed by atoms with Crippen LogP contribution in [-0.4, -0.2) is 11.9 Å². The number of benzene rings is 2. The third-order valence-electron chi connectivity index (χ3n) is 3.13. The highest BCUT2D eigenvalue weighted by Gasteiger charge is 2.49. The van der Waals surface area contributed by atoms with E-state index in [-0.39, 0.29) is 0 Å². The van der Waals surface area contributed by atoms with E-state index < -0.39 is 17.6 Å². The largest absolute Gasteiger partial charge is 0.351 e. The van der Waals surface area contributed by atoms with Crippen LogP contribution in [0, 0.1) is 0 Å². The van der Waals surface area contributed by atoms with Gasteiger partial charge >= 0.3 is 11.9 Å². The molecule has 1 unspecified atom stereocenters. The van der Waals surface area contributed by atoms with E-state index in [1.807, 2.05) is 48.5 Å². The highest BCUT2D eigenvalue weighted by Crippen LogP contribution is 2.27. The molecule has 1 aliphatic heterocycles. The van der Waals surface area contributed by atoms with Crippen molar-refractivity contribution >= 4 is 17.6 Å². The minimum absolute atomic E-state index is 0.544. The average Bonchev–Trinajstić information content (AvgIpc) is 2.76. The van der Waals surface area contributed by atoms with Gasteiger partial charge in [-0.1, -0.05) is 48.5 Å². The molecule has 0 spiro atoms. The number of carbonyl (C=O) groups is 2. The lowest BCUT2D eigenvalue weighted by atomic mass is 9.99. The van der Waals surface area contributed by atoms with Crippen LogP contribution in [0.15, 0.2) is 60.7 Å². The smallest absolute Gasteiger partial charge is 0.346 e. The molecular formula is C15H12N3O2. The SMILES string of the molecule is O=C1[N]C(=O)C(Nc2ccccc2)(c2ccccc2)N1. The van der Waals surface area contributed by atoms with Gasteiger partial charge in [0.2, 0.25) is 5.66 Å². The van der Waals surface area contributed by atoms with E-state index >= 15 is 0 Å². The molecule has 3 rings (SSSR count). The number of carbonyl (C=O) groups excluding carboxylic acids is 2. The number of anilines is 1. The molecule has 1 aliphatic rings. The maximum atomic E-state index is 12.2. The molecule has 99 valence electrons. The zero-order chi connectivity index (χ0) is 14.0. The molecule has 2 N–H and O–H groups in total. The summed E-state index contributed by atoms with van der Waals surface area (Å²) in [7, 11) is 0. The number of nitrogens with one attached hydrogen (secondary N) is 2. The van der Waals surface area contributed by atoms with E-state index in [4.69, 9.17) is 0 Å². The molecule has 0 bridgehead atoms. The van der Waals surface area contributed by atoms with E-state index in [0.29, 0.717) is 5.56 Å². The Morgan fingerprint density at radius 3 is 2.05 bits per heavy atom. The Bertz CT molecular complexity index is 643. The number of rotatable bonds is 3. The van der Waals surface area contributed by atoms with E-state index in [1.165, 1.54) is 0 Å². The average molecular weight is 266 g/mol. The molecular weight excluding hydrogens is 254 g/mol. The zero-order valence-corrected chi connectivity index (χ0v) is 10.5. The Morgan fingerprint density at radius 2 is 1.50 bits per heavy atom. The van der Waals surface area contributed by atoms with Gasteiger partial charge in [0.15, 0.2) is 0 Å². The quantitative estimate of drug-likeness (QED) is 0.832. The van der Waals surface area contributed by atoms with Crippen LogP contribution in [0.25, 0.3) is 0 Å². The maximum Gasteiger partial charge on any atom is 0.346 e. The second-order valence-corrected chi connectivity index (χ2v) is 4.45. The van der Waals surface area contributed by atoms with Crippen molar-refractivity contribution in [2.75, 3.05) is 5.32 Å². The predicted molar refractivity (Wildman–Crippen MR) is 73.9 cm³/mol. The van der Waals surface area contributed by atoms with Crippen LogP contribution in [0.4, 0.5) is 10.5 Å². The normalized spacial score (nSPS) is 21.2. The highest BCUT2D eigenvalue weighted by molar-refractivity contribution is 6.08. The van der Waals surface area contributed by atoms with Gasteiger partial charge in [0, 0.05) is 11.3 Å². The van der Waals surface area contributed by atoms with E-state index in [9.17, 15) is 9.59 Å². The summed E-state index contributed by atoms with van der Waals surface area (Å²) in [5.41, 5.74) is 0.0326. The lowest BCUT2D eigenvalue weighted by Crippen LogP contribution is -2.50. The van der Waals surface area contributed by atoms with Gasteiger partial charge in [-0.25, -0.2) is 4.79 Å². The Morgan fingerprint density at radius 1 is 0.900 bits per heavy atom. The van der Waals surface area contributed by atoms with Crippen LogP contribution in [0.3, 0.4) is 0 Å². The fourth-order valence-electron chi connectivity index (χ4n) is 2.20. The second-order valence-electron chi connectivity index (χ2n) is 4.45. The van der Waals surface area contributed by atoms with Crippen LogP contribution in [0.5, 0.6) is 0 Å². The molecule has 5 nitrogen and oxygen atoms in total.